The van der Waals surface area contributed by atoms with Crippen molar-refractivity contribution in [3.8, 4) is 16.9 Å². The number of aromatic nitrogens is 4. The van der Waals surface area contributed by atoms with E-state index in [0.717, 1.165) is 45.5 Å². The standard InChI is InChI=1S/C22H21ClFN5O/c1-12-9-20-15(7-8-30-12)21(26-29(20)14-4-6-18(24)17(23)11-14)13-3-5-16-19(10-13)28(2)27-22(16)25/h3-6,10-12H,7-9H2,1-2H3,(H2,25,27)/t12-/m1/s1. The molecule has 2 aromatic heterocycles. The highest BCUT2D eigenvalue weighted by atomic mass is 35.5. The summed E-state index contributed by atoms with van der Waals surface area (Å²) < 4.78 is 23.3. The third-order valence-electron chi connectivity index (χ3n) is 5.63. The highest BCUT2D eigenvalue weighted by Gasteiger charge is 2.25. The number of halogens is 2. The molecule has 0 amide bonds. The van der Waals surface area contributed by atoms with Crippen molar-refractivity contribution in [1.82, 2.24) is 19.6 Å². The molecule has 6 nitrogen and oxygen atoms in total. The molecule has 0 fully saturated rings. The number of aryl methyl sites for hydroxylation is 1. The number of anilines is 1. The lowest BCUT2D eigenvalue weighted by atomic mass is 10.0. The van der Waals surface area contributed by atoms with E-state index in [1.807, 2.05) is 30.8 Å². The molecular formula is C22H21ClFN5O. The molecule has 0 saturated heterocycles. The number of hydrogen-bond acceptors (Lipinski definition) is 4. The Hall–Kier alpha value is -2.90. The van der Waals surface area contributed by atoms with Gasteiger partial charge in [-0.05, 0) is 43.7 Å². The largest absolute Gasteiger partial charge is 0.382 e. The molecular weight excluding hydrogens is 405 g/mol. The highest BCUT2D eigenvalue weighted by molar-refractivity contribution is 6.30. The molecule has 3 heterocycles. The van der Waals surface area contributed by atoms with Gasteiger partial charge in [-0.25, -0.2) is 9.07 Å². The molecule has 2 aromatic carbocycles. The van der Waals surface area contributed by atoms with Gasteiger partial charge in [0.05, 0.1) is 40.3 Å². The maximum absolute atomic E-state index is 13.7. The molecule has 4 aromatic rings. The molecule has 154 valence electrons. The van der Waals surface area contributed by atoms with Gasteiger partial charge in [-0.1, -0.05) is 17.7 Å². The van der Waals surface area contributed by atoms with Crippen molar-refractivity contribution in [2.24, 2.45) is 7.05 Å². The summed E-state index contributed by atoms with van der Waals surface area (Å²) in [6.07, 6.45) is 1.51. The van der Waals surface area contributed by atoms with Crippen molar-refractivity contribution in [3.63, 3.8) is 0 Å². The van der Waals surface area contributed by atoms with Gasteiger partial charge in [0.15, 0.2) is 5.82 Å². The van der Waals surface area contributed by atoms with Crippen LogP contribution in [0.4, 0.5) is 10.2 Å². The Balaban J connectivity index is 1.73. The number of nitrogens with zero attached hydrogens (tertiary/aromatic N) is 4. The molecule has 1 aliphatic rings. The Morgan fingerprint density at radius 1 is 1.20 bits per heavy atom. The summed E-state index contributed by atoms with van der Waals surface area (Å²) in [6, 6.07) is 10.7. The molecule has 0 aliphatic carbocycles. The van der Waals surface area contributed by atoms with Gasteiger partial charge >= 0.3 is 0 Å². The molecule has 0 saturated carbocycles. The Labute approximate surface area is 178 Å². The Kier molecular flexibility index (Phi) is 4.52. The molecule has 30 heavy (non-hydrogen) atoms. The number of hydrogen-bond donors (Lipinski definition) is 1. The zero-order valence-corrected chi connectivity index (χ0v) is 17.4. The van der Waals surface area contributed by atoms with E-state index in [-0.39, 0.29) is 11.1 Å². The van der Waals surface area contributed by atoms with E-state index in [0.29, 0.717) is 18.8 Å². The summed E-state index contributed by atoms with van der Waals surface area (Å²) in [5.74, 6) is 0.0569. The summed E-state index contributed by atoms with van der Waals surface area (Å²) in [4.78, 5) is 0. The number of nitrogen functional groups attached to an aromatic ring is 1. The van der Waals surface area contributed by atoms with Gasteiger partial charge in [0.25, 0.3) is 0 Å². The van der Waals surface area contributed by atoms with Crippen LogP contribution in [0.25, 0.3) is 27.8 Å². The van der Waals surface area contributed by atoms with Gasteiger partial charge < -0.3 is 10.5 Å². The Morgan fingerprint density at radius 3 is 2.83 bits per heavy atom. The fourth-order valence-electron chi connectivity index (χ4n) is 4.15. The molecule has 1 atom stereocenters. The fourth-order valence-corrected chi connectivity index (χ4v) is 4.32. The van der Waals surface area contributed by atoms with E-state index in [4.69, 9.17) is 27.2 Å². The van der Waals surface area contributed by atoms with E-state index < -0.39 is 5.82 Å². The third kappa shape index (κ3) is 3.05. The number of rotatable bonds is 2. The second-order valence-electron chi connectivity index (χ2n) is 7.66. The van der Waals surface area contributed by atoms with Gasteiger partial charge in [-0.15, -0.1) is 0 Å². The normalized spacial score (nSPS) is 16.6. The predicted octanol–water partition coefficient (Wildman–Crippen LogP) is 4.30. The lowest BCUT2D eigenvalue weighted by molar-refractivity contribution is 0.0735. The van der Waals surface area contributed by atoms with Crippen LogP contribution >= 0.6 is 11.6 Å². The lowest BCUT2D eigenvalue weighted by Gasteiger charge is -2.11. The van der Waals surface area contributed by atoms with Crippen LogP contribution in [0.1, 0.15) is 18.2 Å². The summed E-state index contributed by atoms with van der Waals surface area (Å²) in [5.41, 5.74) is 11.7. The monoisotopic (exact) mass is 425 g/mol. The average Bonchev–Trinajstić information content (AvgIpc) is 3.13. The van der Waals surface area contributed by atoms with Crippen LogP contribution in [-0.2, 0) is 24.6 Å². The molecule has 8 heteroatoms. The topological polar surface area (TPSA) is 70.9 Å². The van der Waals surface area contributed by atoms with Crippen molar-refractivity contribution in [1.29, 1.82) is 0 Å². The quantitative estimate of drug-likeness (QED) is 0.519. The van der Waals surface area contributed by atoms with Gasteiger partial charge in [0.2, 0.25) is 0 Å². The van der Waals surface area contributed by atoms with Gasteiger partial charge in [0.1, 0.15) is 5.82 Å². The fraction of sp³-hybridized carbons (Fsp3) is 0.273. The van der Waals surface area contributed by atoms with Crippen molar-refractivity contribution in [2.75, 3.05) is 12.3 Å². The van der Waals surface area contributed by atoms with Crippen LogP contribution in [0.5, 0.6) is 0 Å². The Morgan fingerprint density at radius 2 is 2.03 bits per heavy atom. The van der Waals surface area contributed by atoms with Crippen molar-refractivity contribution in [2.45, 2.75) is 25.9 Å². The van der Waals surface area contributed by atoms with Crippen LogP contribution in [0, 0.1) is 5.82 Å². The first-order valence-corrected chi connectivity index (χ1v) is 10.2. The van der Waals surface area contributed by atoms with Crippen LogP contribution in [0.15, 0.2) is 36.4 Å². The zero-order valence-electron chi connectivity index (χ0n) is 16.7. The van der Waals surface area contributed by atoms with E-state index in [1.54, 1.807) is 16.8 Å². The van der Waals surface area contributed by atoms with Gasteiger partial charge in [0, 0.05) is 30.0 Å². The highest BCUT2D eigenvalue weighted by Crippen LogP contribution is 2.34. The third-order valence-corrected chi connectivity index (χ3v) is 5.92. The lowest BCUT2D eigenvalue weighted by Crippen LogP contribution is -2.13. The van der Waals surface area contributed by atoms with Gasteiger partial charge in [-0.3, -0.25) is 4.68 Å². The minimum atomic E-state index is -0.449. The average molecular weight is 426 g/mol. The minimum Gasteiger partial charge on any atom is -0.382 e. The van der Waals surface area contributed by atoms with E-state index >= 15 is 0 Å². The molecule has 2 N–H and O–H groups in total. The van der Waals surface area contributed by atoms with E-state index in [9.17, 15) is 4.39 Å². The molecule has 1 aliphatic heterocycles. The molecule has 0 radical (unpaired) electrons. The maximum atomic E-state index is 13.7. The predicted molar refractivity (Wildman–Crippen MR) is 115 cm³/mol. The summed E-state index contributed by atoms with van der Waals surface area (Å²) >= 11 is 6.05. The van der Waals surface area contributed by atoms with E-state index in [2.05, 4.69) is 11.2 Å². The number of ether oxygens (including phenoxy) is 1. The zero-order chi connectivity index (χ0) is 21.0. The first kappa shape index (κ1) is 19.1. The van der Waals surface area contributed by atoms with Crippen LogP contribution in [0.2, 0.25) is 5.02 Å². The van der Waals surface area contributed by atoms with Gasteiger partial charge in [-0.2, -0.15) is 10.2 Å². The summed E-state index contributed by atoms with van der Waals surface area (Å²) in [7, 11) is 1.87. The summed E-state index contributed by atoms with van der Waals surface area (Å²) in [5, 5.41) is 10.2. The Bertz CT molecular complexity index is 1280. The smallest absolute Gasteiger partial charge is 0.153 e. The van der Waals surface area contributed by atoms with Crippen LogP contribution in [0.3, 0.4) is 0 Å². The molecule has 0 bridgehead atoms. The van der Waals surface area contributed by atoms with Crippen molar-refractivity contribution < 1.29 is 9.13 Å². The molecule has 0 unspecified atom stereocenters. The first-order valence-electron chi connectivity index (χ1n) is 9.83. The SMILES string of the molecule is C[C@@H]1Cc2c(c(-c3ccc4c(N)nn(C)c4c3)nn2-c2ccc(F)c(Cl)c2)CCO1. The van der Waals surface area contributed by atoms with Crippen LogP contribution < -0.4 is 5.73 Å². The summed E-state index contributed by atoms with van der Waals surface area (Å²) in [6.45, 7) is 2.67. The number of fused-ring (bicyclic) bond motifs is 2. The molecule has 0 spiro atoms. The first-order chi connectivity index (χ1) is 14.4. The van der Waals surface area contributed by atoms with E-state index in [1.165, 1.54) is 6.07 Å². The second kappa shape index (κ2) is 7.11. The minimum absolute atomic E-state index is 0.0600. The van der Waals surface area contributed by atoms with Crippen molar-refractivity contribution >= 4 is 28.3 Å². The van der Waals surface area contributed by atoms with Crippen molar-refractivity contribution in [3.05, 3.63) is 58.5 Å². The van der Waals surface area contributed by atoms with Crippen LogP contribution in [-0.4, -0.2) is 32.3 Å². The number of nitrogens with two attached hydrogens (primary N) is 1. The molecule has 5 rings (SSSR count). The number of benzene rings is 2. The maximum Gasteiger partial charge on any atom is 0.153 e. The second-order valence-corrected chi connectivity index (χ2v) is 8.07.